The van der Waals surface area contributed by atoms with E-state index in [9.17, 15) is 4.79 Å². The van der Waals surface area contributed by atoms with Gasteiger partial charge in [-0.05, 0) is 31.4 Å². The predicted octanol–water partition coefficient (Wildman–Crippen LogP) is 1.69. The van der Waals surface area contributed by atoms with Gasteiger partial charge in [0.05, 0.1) is 6.61 Å². The summed E-state index contributed by atoms with van der Waals surface area (Å²) in [6.07, 6.45) is 0.730. The Hall–Kier alpha value is -1.39. The van der Waals surface area contributed by atoms with Crippen molar-refractivity contribution >= 4 is 5.91 Å². The van der Waals surface area contributed by atoms with Gasteiger partial charge in [0, 0.05) is 31.6 Å². The maximum Gasteiger partial charge on any atom is 0.253 e. The Morgan fingerprint density at radius 3 is 2.90 bits per heavy atom. The van der Waals surface area contributed by atoms with E-state index in [-0.39, 0.29) is 18.1 Å². The molecule has 4 nitrogen and oxygen atoms in total. The summed E-state index contributed by atoms with van der Waals surface area (Å²) in [5.74, 6) is 0.590. The van der Waals surface area contributed by atoms with Crippen molar-refractivity contribution < 1.29 is 9.53 Å². The Morgan fingerprint density at radius 2 is 2.19 bits per heavy atom. The number of morpholine rings is 1. The number of carbonyl (C=O) groups is 1. The average molecular weight is 288 g/mol. The second kappa shape index (κ2) is 6.16. The Bertz CT molecular complexity index is 511. The summed E-state index contributed by atoms with van der Waals surface area (Å²) in [6, 6.07) is 8.79. The van der Waals surface area contributed by atoms with E-state index in [1.165, 1.54) is 11.1 Å². The third-order valence-electron chi connectivity index (χ3n) is 4.69. The highest BCUT2D eigenvalue weighted by Crippen LogP contribution is 2.33. The van der Waals surface area contributed by atoms with Gasteiger partial charge in [0.2, 0.25) is 0 Å². The number of carbonyl (C=O) groups excluding carboxylic acids is 1. The number of nitrogens with zero attached hydrogens (tertiary/aromatic N) is 1. The number of ether oxygens (including phenoxy) is 1. The third-order valence-corrected chi connectivity index (χ3v) is 4.69. The molecule has 3 rings (SSSR count). The molecule has 0 saturated carbocycles. The number of hydrogen-bond donors (Lipinski definition) is 1. The molecule has 2 aliphatic heterocycles. The van der Waals surface area contributed by atoms with Crippen LogP contribution in [0.5, 0.6) is 0 Å². The molecule has 1 amide bonds. The van der Waals surface area contributed by atoms with Crippen molar-refractivity contribution in [2.75, 3.05) is 26.2 Å². The predicted molar refractivity (Wildman–Crippen MR) is 82.3 cm³/mol. The lowest BCUT2D eigenvalue weighted by molar-refractivity contribution is -0.145. The number of nitrogens with one attached hydrogen (secondary N) is 1. The Morgan fingerprint density at radius 1 is 1.38 bits per heavy atom. The first-order valence-electron chi connectivity index (χ1n) is 7.85. The summed E-state index contributed by atoms with van der Waals surface area (Å²) in [7, 11) is 0. The van der Waals surface area contributed by atoms with Crippen LogP contribution in [0.25, 0.3) is 0 Å². The zero-order valence-corrected chi connectivity index (χ0v) is 12.8. The lowest BCUT2D eigenvalue weighted by Crippen LogP contribution is -2.50. The molecule has 21 heavy (non-hydrogen) atoms. The van der Waals surface area contributed by atoms with Crippen molar-refractivity contribution in [3.05, 3.63) is 35.4 Å². The van der Waals surface area contributed by atoms with E-state index in [1.54, 1.807) is 0 Å². The lowest BCUT2D eigenvalue weighted by Gasteiger charge is -2.29. The van der Waals surface area contributed by atoms with Crippen LogP contribution in [0.2, 0.25) is 0 Å². The van der Waals surface area contributed by atoms with Gasteiger partial charge in [0.1, 0.15) is 6.10 Å². The summed E-state index contributed by atoms with van der Waals surface area (Å²) >= 11 is 0. The first kappa shape index (κ1) is 14.5. The minimum absolute atomic E-state index is 0.144. The Balaban J connectivity index is 1.71. The van der Waals surface area contributed by atoms with Crippen LogP contribution in [-0.4, -0.2) is 49.2 Å². The van der Waals surface area contributed by atoms with Gasteiger partial charge in [0.25, 0.3) is 5.91 Å². The van der Waals surface area contributed by atoms with E-state index in [2.05, 4.69) is 43.4 Å². The molecule has 0 spiro atoms. The quantitative estimate of drug-likeness (QED) is 0.900. The molecular weight excluding hydrogens is 264 g/mol. The minimum Gasteiger partial charge on any atom is -0.366 e. The maximum atomic E-state index is 12.6. The van der Waals surface area contributed by atoms with Crippen LogP contribution in [0.4, 0.5) is 0 Å². The van der Waals surface area contributed by atoms with E-state index in [0.29, 0.717) is 19.1 Å². The first-order valence-corrected chi connectivity index (χ1v) is 7.85. The van der Waals surface area contributed by atoms with Crippen LogP contribution in [0.1, 0.15) is 30.4 Å². The van der Waals surface area contributed by atoms with E-state index in [0.717, 1.165) is 19.5 Å². The van der Waals surface area contributed by atoms with Crippen LogP contribution < -0.4 is 5.32 Å². The van der Waals surface area contributed by atoms with Gasteiger partial charge in [-0.25, -0.2) is 0 Å². The molecule has 1 N–H and O–H groups in total. The van der Waals surface area contributed by atoms with Crippen LogP contribution in [0.15, 0.2) is 24.3 Å². The summed E-state index contributed by atoms with van der Waals surface area (Å²) < 4.78 is 5.61. The van der Waals surface area contributed by atoms with E-state index < -0.39 is 0 Å². The second-order valence-corrected chi connectivity index (χ2v) is 6.19. The molecule has 1 aromatic carbocycles. The topological polar surface area (TPSA) is 41.6 Å². The van der Waals surface area contributed by atoms with Crippen LogP contribution in [0.3, 0.4) is 0 Å². The highest BCUT2D eigenvalue weighted by molar-refractivity contribution is 5.82. The smallest absolute Gasteiger partial charge is 0.253 e. The number of benzene rings is 1. The van der Waals surface area contributed by atoms with Crippen molar-refractivity contribution in [2.45, 2.75) is 38.3 Å². The molecule has 0 bridgehead atoms. The van der Waals surface area contributed by atoms with E-state index >= 15 is 0 Å². The molecule has 2 fully saturated rings. The van der Waals surface area contributed by atoms with Crippen LogP contribution in [0, 0.1) is 6.92 Å². The molecule has 3 atom stereocenters. The van der Waals surface area contributed by atoms with Crippen LogP contribution >= 0.6 is 0 Å². The summed E-state index contributed by atoms with van der Waals surface area (Å²) in [4.78, 5) is 14.6. The molecule has 2 aliphatic rings. The average Bonchev–Trinajstić information content (AvgIpc) is 2.89. The molecular formula is C17H24N2O2. The van der Waals surface area contributed by atoms with Gasteiger partial charge in [-0.15, -0.1) is 0 Å². The highest BCUT2D eigenvalue weighted by atomic mass is 16.5. The van der Waals surface area contributed by atoms with Crippen molar-refractivity contribution in [1.82, 2.24) is 10.2 Å². The number of likely N-dealkylation sites (tertiary alicyclic amines) is 1. The number of amides is 1. The summed E-state index contributed by atoms with van der Waals surface area (Å²) in [6.45, 7) is 7.21. The standard InChI is InChI=1S/C17H24N2O2/c1-12-5-3-4-6-15(12)14-9-13(2)19(11-14)17(20)16-10-18-7-8-21-16/h3-6,13-14,16,18H,7-11H2,1-2H3. The third kappa shape index (κ3) is 2.97. The number of rotatable bonds is 2. The summed E-state index contributed by atoms with van der Waals surface area (Å²) in [5.41, 5.74) is 2.70. The molecule has 2 heterocycles. The second-order valence-electron chi connectivity index (χ2n) is 6.19. The highest BCUT2D eigenvalue weighted by Gasteiger charge is 2.37. The van der Waals surface area contributed by atoms with Gasteiger partial charge in [-0.1, -0.05) is 24.3 Å². The van der Waals surface area contributed by atoms with Crippen molar-refractivity contribution in [1.29, 1.82) is 0 Å². The van der Waals surface area contributed by atoms with Gasteiger partial charge in [-0.3, -0.25) is 4.79 Å². The normalized spacial score (nSPS) is 29.6. The molecule has 1 aromatic rings. The fourth-order valence-electron chi connectivity index (χ4n) is 3.52. The van der Waals surface area contributed by atoms with E-state index in [1.807, 2.05) is 4.90 Å². The molecule has 3 unspecified atom stereocenters. The molecule has 4 heteroatoms. The first-order chi connectivity index (χ1) is 10.2. The Labute approximate surface area is 126 Å². The zero-order chi connectivity index (χ0) is 14.8. The molecule has 2 saturated heterocycles. The van der Waals surface area contributed by atoms with Crippen molar-refractivity contribution in [3.63, 3.8) is 0 Å². The van der Waals surface area contributed by atoms with Crippen molar-refractivity contribution in [3.8, 4) is 0 Å². The lowest BCUT2D eigenvalue weighted by atomic mass is 9.93. The Kier molecular flexibility index (Phi) is 4.27. The van der Waals surface area contributed by atoms with Crippen molar-refractivity contribution in [2.24, 2.45) is 0 Å². The van der Waals surface area contributed by atoms with Gasteiger partial charge in [-0.2, -0.15) is 0 Å². The maximum absolute atomic E-state index is 12.6. The number of aryl methyl sites for hydroxylation is 1. The minimum atomic E-state index is -0.308. The monoisotopic (exact) mass is 288 g/mol. The fourth-order valence-corrected chi connectivity index (χ4v) is 3.52. The van der Waals surface area contributed by atoms with Crippen LogP contribution in [-0.2, 0) is 9.53 Å². The molecule has 114 valence electrons. The van der Waals surface area contributed by atoms with E-state index in [4.69, 9.17) is 4.74 Å². The molecule has 0 aliphatic carbocycles. The largest absolute Gasteiger partial charge is 0.366 e. The number of hydrogen-bond acceptors (Lipinski definition) is 3. The SMILES string of the molecule is Cc1ccccc1C1CC(C)N(C(=O)C2CNCCO2)C1. The molecule has 0 radical (unpaired) electrons. The van der Waals surface area contributed by atoms with Gasteiger partial charge >= 0.3 is 0 Å². The van der Waals surface area contributed by atoms with Gasteiger partial charge in [0.15, 0.2) is 0 Å². The van der Waals surface area contributed by atoms with Gasteiger partial charge < -0.3 is 15.0 Å². The fraction of sp³-hybridized carbons (Fsp3) is 0.588. The molecule has 0 aromatic heterocycles. The summed E-state index contributed by atoms with van der Waals surface area (Å²) in [5, 5.41) is 3.23. The zero-order valence-electron chi connectivity index (χ0n) is 12.8.